The lowest BCUT2D eigenvalue weighted by Gasteiger charge is -2.19. The van der Waals surface area contributed by atoms with Gasteiger partial charge in [-0.3, -0.25) is 9.99 Å². The van der Waals surface area contributed by atoms with Gasteiger partial charge in [-0.25, -0.2) is 10.8 Å². The van der Waals surface area contributed by atoms with Crippen LogP contribution in [0.15, 0.2) is 12.4 Å². The maximum atomic E-state index is 5.45. The van der Waals surface area contributed by atoms with Crippen molar-refractivity contribution in [1.29, 1.82) is 0 Å². The van der Waals surface area contributed by atoms with Crippen LogP contribution in [-0.2, 0) is 6.42 Å². The summed E-state index contributed by atoms with van der Waals surface area (Å²) in [6.45, 7) is 7.77. The summed E-state index contributed by atoms with van der Waals surface area (Å²) in [5.74, 6) is 7.80. The van der Waals surface area contributed by atoms with Gasteiger partial charge in [-0.05, 0) is 13.8 Å². The third-order valence-electron chi connectivity index (χ3n) is 3.04. The van der Waals surface area contributed by atoms with Gasteiger partial charge in [0.2, 0.25) is 17.8 Å². The molecule has 108 valence electrons. The molecule has 2 aromatic rings. The Balaban J connectivity index is 2.50. The molecular formula is C12H20N8. The van der Waals surface area contributed by atoms with Crippen LogP contribution in [0.3, 0.4) is 0 Å². The molecule has 20 heavy (non-hydrogen) atoms. The second kappa shape index (κ2) is 6.29. The van der Waals surface area contributed by atoms with Crippen molar-refractivity contribution in [2.75, 3.05) is 23.4 Å². The fourth-order valence-electron chi connectivity index (χ4n) is 1.95. The van der Waals surface area contributed by atoms with Crippen molar-refractivity contribution < 1.29 is 0 Å². The molecule has 0 radical (unpaired) electrons. The number of nitrogens with one attached hydrogen (secondary N) is 1. The maximum Gasteiger partial charge on any atom is 0.243 e. The monoisotopic (exact) mass is 276 g/mol. The van der Waals surface area contributed by atoms with Crippen LogP contribution in [0.4, 0.5) is 11.9 Å². The minimum Gasteiger partial charge on any atom is -0.341 e. The normalized spacial score (nSPS) is 10.6. The van der Waals surface area contributed by atoms with E-state index in [1.54, 1.807) is 6.20 Å². The van der Waals surface area contributed by atoms with Crippen molar-refractivity contribution in [1.82, 2.24) is 24.5 Å². The molecule has 0 aliphatic rings. The van der Waals surface area contributed by atoms with E-state index in [0.717, 1.165) is 25.3 Å². The van der Waals surface area contributed by atoms with E-state index < -0.39 is 0 Å². The number of rotatable bonds is 6. The summed E-state index contributed by atoms with van der Waals surface area (Å²) in [5, 5.41) is 0. The van der Waals surface area contributed by atoms with Crippen molar-refractivity contribution in [2.45, 2.75) is 27.2 Å². The topological polar surface area (TPSA) is 97.8 Å². The first-order valence-electron chi connectivity index (χ1n) is 6.73. The van der Waals surface area contributed by atoms with Crippen molar-refractivity contribution in [2.24, 2.45) is 5.84 Å². The number of aromatic nitrogens is 5. The summed E-state index contributed by atoms with van der Waals surface area (Å²) in [6.07, 6.45) is 4.36. The number of anilines is 2. The van der Waals surface area contributed by atoms with E-state index in [-0.39, 0.29) is 0 Å². The third-order valence-corrected chi connectivity index (χ3v) is 3.04. The smallest absolute Gasteiger partial charge is 0.243 e. The molecule has 0 amide bonds. The van der Waals surface area contributed by atoms with Crippen molar-refractivity contribution in [3.05, 3.63) is 18.2 Å². The van der Waals surface area contributed by atoms with Crippen LogP contribution in [-0.4, -0.2) is 37.6 Å². The van der Waals surface area contributed by atoms with Gasteiger partial charge in [0.25, 0.3) is 0 Å². The van der Waals surface area contributed by atoms with Gasteiger partial charge >= 0.3 is 0 Å². The molecule has 0 aliphatic carbocycles. The summed E-state index contributed by atoms with van der Waals surface area (Å²) >= 11 is 0. The summed E-state index contributed by atoms with van der Waals surface area (Å²) in [4.78, 5) is 19.4. The van der Waals surface area contributed by atoms with Gasteiger partial charge in [-0.15, -0.1) is 0 Å². The number of nitrogens with zero attached hydrogens (tertiary/aromatic N) is 6. The average molecular weight is 276 g/mol. The fraction of sp³-hybridized carbons (Fsp3) is 0.500. The van der Waals surface area contributed by atoms with Gasteiger partial charge in [0.15, 0.2) is 0 Å². The molecular weight excluding hydrogens is 256 g/mol. The van der Waals surface area contributed by atoms with Crippen molar-refractivity contribution in [3.63, 3.8) is 0 Å². The molecule has 2 heterocycles. The highest BCUT2D eigenvalue weighted by Crippen LogP contribution is 2.14. The molecule has 8 nitrogen and oxygen atoms in total. The molecule has 0 atom stereocenters. The van der Waals surface area contributed by atoms with Gasteiger partial charge in [0, 0.05) is 31.9 Å². The number of hydrazine groups is 1. The van der Waals surface area contributed by atoms with E-state index in [2.05, 4.69) is 39.2 Å². The van der Waals surface area contributed by atoms with E-state index in [1.807, 2.05) is 22.6 Å². The first kappa shape index (κ1) is 14.2. The molecule has 0 saturated carbocycles. The Morgan fingerprint density at radius 3 is 2.55 bits per heavy atom. The highest BCUT2D eigenvalue weighted by molar-refractivity contribution is 5.39. The van der Waals surface area contributed by atoms with E-state index in [1.165, 1.54) is 0 Å². The minimum atomic E-state index is 0.340. The Labute approximate surface area is 118 Å². The predicted octanol–water partition coefficient (Wildman–Crippen LogP) is 0.751. The SMILES string of the molecule is CCc1nccn1-c1nc(NN)nc(N(CC)CC)n1. The molecule has 0 fully saturated rings. The largest absolute Gasteiger partial charge is 0.341 e. The first-order valence-corrected chi connectivity index (χ1v) is 6.73. The van der Waals surface area contributed by atoms with E-state index in [4.69, 9.17) is 5.84 Å². The molecule has 3 N–H and O–H groups in total. The van der Waals surface area contributed by atoms with Gasteiger partial charge in [0.05, 0.1) is 0 Å². The summed E-state index contributed by atoms with van der Waals surface area (Å²) in [6, 6.07) is 0. The molecule has 0 bridgehead atoms. The number of imidazole rings is 1. The Hall–Kier alpha value is -2.22. The van der Waals surface area contributed by atoms with Gasteiger partial charge in [-0.1, -0.05) is 6.92 Å². The predicted molar refractivity (Wildman–Crippen MR) is 77.7 cm³/mol. The van der Waals surface area contributed by atoms with E-state index in [0.29, 0.717) is 17.8 Å². The molecule has 2 rings (SSSR count). The Morgan fingerprint density at radius 2 is 1.95 bits per heavy atom. The lowest BCUT2D eigenvalue weighted by molar-refractivity contribution is 0.778. The molecule has 0 saturated heterocycles. The molecule has 8 heteroatoms. The number of hydrogen-bond acceptors (Lipinski definition) is 7. The van der Waals surface area contributed by atoms with Gasteiger partial charge in [0.1, 0.15) is 5.82 Å². The zero-order valence-electron chi connectivity index (χ0n) is 12.0. The highest BCUT2D eigenvalue weighted by Gasteiger charge is 2.13. The molecule has 0 unspecified atom stereocenters. The van der Waals surface area contributed by atoms with Crippen molar-refractivity contribution in [3.8, 4) is 5.95 Å². The Kier molecular flexibility index (Phi) is 4.46. The standard InChI is InChI=1S/C12H20N8/c1-4-9-14-7-8-20(9)12-16-10(18-13)15-11(17-12)19(5-2)6-3/h7-8H,4-6,13H2,1-3H3,(H,15,16,17,18). The first-order chi connectivity index (χ1) is 9.73. The zero-order valence-corrected chi connectivity index (χ0v) is 12.0. The second-order valence-corrected chi connectivity index (χ2v) is 4.14. The third kappa shape index (κ3) is 2.69. The molecule has 0 aromatic carbocycles. The summed E-state index contributed by atoms with van der Waals surface area (Å²) in [5.41, 5.74) is 2.49. The summed E-state index contributed by atoms with van der Waals surface area (Å²) < 4.78 is 1.84. The van der Waals surface area contributed by atoms with Gasteiger partial charge in [-0.2, -0.15) is 15.0 Å². The molecule has 0 spiro atoms. The summed E-state index contributed by atoms with van der Waals surface area (Å²) in [7, 11) is 0. The lowest BCUT2D eigenvalue weighted by atomic mass is 10.4. The zero-order chi connectivity index (χ0) is 14.5. The minimum absolute atomic E-state index is 0.340. The fourth-order valence-corrected chi connectivity index (χ4v) is 1.95. The quantitative estimate of drug-likeness (QED) is 0.593. The van der Waals surface area contributed by atoms with Crippen LogP contribution in [0, 0.1) is 0 Å². The number of nitrogen functional groups attached to an aromatic ring is 1. The highest BCUT2D eigenvalue weighted by atomic mass is 15.4. The Morgan fingerprint density at radius 1 is 1.20 bits per heavy atom. The second-order valence-electron chi connectivity index (χ2n) is 4.14. The van der Waals surface area contributed by atoms with Gasteiger partial charge < -0.3 is 4.90 Å². The van der Waals surface area contributed by atoms with Crippen LogP contribution in [0.1, 0.15) is 26.6 Å². The van der Waals surface area contributed by atoms with E-state index in [9.17, 15) is 0 Å². The average Bonchev–Trinajstić information content (AvgIpc) is 2.96. The Bertz CT molecular complexity index is 560. The number of aryl methyl sites for hydroxylation is 1. The van der Waals surface area contributed by atoms with E-state index >= 15 is 0 Å². The lowest BCUT2D eigenvalue weighted by Crippen LogP contribution is -2.26. The number of nitrogens with two attached hydrogens (primary N) is 1. The van der Waals surface area contributed by atoms with Crippen LogP contribution in [0.2, 0.25) is 0 Å². The maximum absolute atomic E-state index is 5.45. The molecule has 0 aliphatic heterocycles. The number of hydrogen-bond donors (Lipinski definition) is 2. The van der Waals surface area contributed by atoms with Crippen LogP contribution < -0.4 is 16.2 Å². The van der Waals surface area contributed by atoms with Crippen LogP contribution in [0.25, 0.3) is 5.95 Å². The van der Waals surface area contributed by atoms with Crippen LogP contribution in [0.5, 0.6) is 0 Å². The van der Waals surface area contributed by atoms with Crippen LogP contribution >= 0.6 is 0 Å². The van der Waals surface area contributed by atoms with Crippen molar-refractivity contribution >= 4 is 11.9 Å². The molecule has 2 aromatic heterocycles.